The number of allylic oxidation sites excluding steroid dienone is 4. The van der Waals surface area contributed by atoms with Crippen LogP contribution in [0.15, 0.2) is 72.8 Å². The number of hydrogen-bond donors (Lipinski definition) is 0. The van der Waals surface area contributed by atoms with E-state index >= 15 is 0 Å². The molecule has 2 aliphatic carbocycles. The molecule has 0 bridgehead atoms. The fraction of sp³-hybridized carbons (Fsp3) is 0.448. The molecule has 2 aromatic rings. The van der Waals surface area contributed by atoms with Crippen LogP contribution >= 0.6 is 0 Å². The van der Waals surface area contributed by atoms with Gasteiger partial charge in [-0.3, -0.25) is 0 Å². The first kappa shape index (κ1) is 26.9. The van der Waals surface area contributed by atoms with Gasteiger partial charge in [0.25, 0.3) is 0 Å². The third-order valence-corrected chi connectivity index (χ3v) is 4.70. The summed E-state index contributed by atoms with van der Waals surface area (Å²) in [6.45, 7) is 18.6. The number of fused-ring (bicyclic) bond motifs is 1. The van der Waals surface area contributed by atoms with E-state index in [0.717, 1.165) is 17.8 Å². The summed E-state index contributed by atoms with van der Waals surface area (Å²) >= 11 is 0. The molecule has 0 saturated heterocycles. The van der Waals surface area contributed by atoms with E-state index in [-0.39, 0.29) is 0 Å². The largest absolute Gasteiger partial charge is 0.0726 e. The van der Waals surface area contributed by atoms with E-state index in [1.165, 1.54) is 28.7 Å². The minimum absolute atomic E-state index is 0.727. The van der Waals surface area contributed by atoms with Crippen molar-refractivity contribution in [3.05, 3.63) is 83.9 Å². The monoisotopic (exact) mass is 392 g/mol. The van der Waals surface area contributed by atoms with Gasteiger partial charge in [0.05, 0.1) is 0 Å². The predicted octanol–water partition coefficient (Wildman–Crippen LogP) is 9.54. The second-order valence-electron chi connectivity index (χ2n) is 6.62. The molecule has 4 rings (SSSR count). The van der Waals surface area contributed by atoms with Crippen LogP contribution in [-0.4, -0.2) is 0 Å². The van der Waals surface area contributed by atoms with Gasteiger partial charge >= 0.3 is 0 Å². The lowest BCUT2D eigenvalue weighted by atomic mass is 9.90. The zero-order valence-electron chi connectivity index (χ0n) is 20.4. The van der Waals surface area contributed by atoms with Crippen LogP contribution in [0.4, 0.5) is 0 Å². The van der Waals surface area contributed by atoms with Crippen LogP contribution in [0.25, 0.3) is 11.1 Å². The summed E-state index contributed by atoms with van der Waals surface area (Å²) in [5, 5.41) is 0. The quantitative estimate of drug-likeness (QED) is 0.477. The Kier molecular flexibility index (Phi) is 14.7. The lowest BCUT2D eigenvalue weighted by Gasteiger charge is -2.14. The summed E-state index contributed by atoms with van der Waals surface area (Å²) in [5.74, 6) is 2.23. The van der Waals surface area contributed by atoms with Gasteiger partial charge in [0.1, 0.15) is 0 Å². The molecule has 0 spiro atoms. The summed E-state index contributed by atoms with van der Waals surface area (Å²) in [6.07, 6.45) is 6.12. The van der Waals surface area contributed by atoms with Crippen molar-refractivity contribution in [1.82, 2.24) is 0 Å². The van der Waals surface area contributed by atoms with Crippen molar-refractivity contribution in [2.75, 3.05) is 0 Å². The van der Waals surface area contributed by atoms with Gasteiger partial charge < -0.3 is 0 Å². The van der Waals surface area contributed by atoms with Gasteiger partial charge in [0, 0.05) is 0 Å². The Labute approximate surface area is 181 Å². The van der Waals surface area contributed by atoms with Crippen LogP contribution < -0.4 is 0 Å². The van der Waals surface area contributed by atoms with Gasteiger partial charge in [-0.1, -0.05) is 142 Å². The van der Waals surface area contributed by atoms with Gasteiger partial charge in [0.15, 0.2) is 0 Å². The molecule has 2 aromatic carbocycles. The third-order valence-electron chi connectivity index (χ3n) is 4.70. The summed E-state index contributed by atoms with van der Waals surface area (Å²) in [5.41, 5.74) is 5.62. The fourth-order valence-electron chi connectivity index (χ4n) is 3.48. The van der Waals surface area contributed by atoms with Crippen molar-refractivity contribution in [2.24, 2.45) is 17.8 Å². The zero-order chi connectivity index (χ0) is 22.2. The van der Waals surface area contributed by atoms with E-state index in [4.69, 9.17) is 0 Å². The van der Waals surface area contributed by atoms with E-state index in [1.807, 2.05) is 41.5 Å². The summed E-state index contributed by atoms with van der Waals surface area (Å²) in [7, 11) is 0. The Morgan fingerprint density at radius 3 is 1.52 bits per heavy atom. The van der Waals surface area contributed by atoms with Crippen LogP contribution in [0, 0.1) is 17.8 Å². The molecular weight excluding hydrogens is 348 g/mol. The van der Waals surface area contributed by atoms with Crippen LogP contribution in [0.3, 0.4) is 0 Å². The first-order chi connectivity index (χ1) is 14.3. The summed E-state index contributed by atoms with van der Waals surface area (Å²) < 4.78 is 0. The fourth-order valence-corrected chi connectivity index (χ4v) is 3.48. The molecule has 1 saturated carbocycles. The number of rotatable bonds is 2. The van der Waals surface area contributed by atoms with Crippen LogP contribution in [0.2, 0.25) is 0 Å². The molecular formula is C29H44. The summed E-state index contributed by atoms with van der Waals surface area (Å²) in [4.78, 5) is 0. The predicted molar refractivity (Wildman–Crippen MR) is 135 cm³/mol. The second-order valence-corrected chi connectivity index (χ2v) is 6.62. The maximum Gasteiger partial charge on any atom is -0.00582 e. The normalized spacial score (nSPS) is 20.1. The molecule has 0 N–H and O–H groups in total. The Morgan fingerprint density at radius 1 is 0.655 bits per heavy atom. The topological polar surface area (TPSA) is 0 Å². The zero-order valence-corrected chi connectivity index (χ0v) is 20.4. The van der Waals surface area contributed by atoms with Gasteiger partial charge in [-0.05, 0) is 40.0 Å². The molecule has 0 heteroatoms. The van der Waals surface area contributed by atoms with Gasteiger partial charge in [-0.15, -0.1) is 0 Å². The second kappa shape index (κ2) is 15.8. The molecule has 0 aromatic heterocycles. The molecule has 3 atom stereocenters. The van der Waals surface area contributed by atoms with Gasteiger partial charge in [0.2, 0.25) is 0 Å². The van der Waals surface area contributed by atoms with Crippen LogP contribution in [0.5, 0.6) is 0 Å². The average molecular weight is 393 g/mol. The van der Waals surface area contributed by atoms with E-state index in [1.54, 1.807) is 0 Å². The van der Waals surface area contributed by atoms with Crippen molar-refractivity contribution in [1.29, 1.82) is 0 Å². The highest BCUT2D eigenvalue weighted by Crippen LogP contribution is 2.58. The maximum atomic E-state index is 2.47. The maximum absolute atomic E-state index is 2.47. The van der Waals surface area contributed by atoms with Crippen molar-refractivity contribution in [3.8, 4) is 0 Å². The molecule has 2 aliphatic rings. The van der Waals surface area contributed by atoms with Gasteiger partial charge in [-0.25, -0.2) is 0 Å². The average Bonchev–Trinajstić information content (AvgIpc) is 3.48. The first-order valence-corrected chi connectivity index (χ1v) is 11.8. The molecule has 0 aliphatic heterocycles. The molecule has 29 heavy (non-hydrogen) atoms. The van der Waals surface area contributed by atoms with Crippen molar-refractivity contribution >= 4 is 11.1 Å². The van der Waals surface area contributed by atoms with E-state index in [0.29, 0.717) is 0 Å². The minimum atomic E-state index is 0.727. The van der Waals surface area contributed by atoms with Crippen molar-refractivity contribution in [3.63, 3.8) is 0 Å². The third kappa shape index (κ3) is 7.69. The Hall–Kier alpha value is -2.08. The molecule has 0 amide bonds. The summed E-state index contributed by atoms with van der Waals surface area (Å²) in [6, 6.07) is 21.6. The standard InChI is InChI=1S/C20H18.C3H8.3C2H6/c1-14-18-12-17(15-8-4-2-5-9-15)13-19(20(14)18)16-10-6-3-7-11-16;1-3-2;3*1-2/h2-14,18,20H,1H3;3H2,1-2H3;3*1-2H3. The lowest BCUT2D eigenvalue weighted by Crippen LogP contribution is -1.96. The highest BCUT2D eigenvalue weighted by atomic mass is 14.5. The molecule has 160 valence electrons. The smallest absolute Gasteiger partial charge is 0.00582 e. The van der Waals surface area contributed by atoms with E-state index in [9.17, 15) is 0 Å². The lowest BCUT2D eigenvalue weighted by molar-refractivity contribution is 0.889. The molecule has 3 unspecified atom stereocenters. The molecule has 0 nitrogen and oxygen atoms in total. The number of hydrogen-bond acceptors (Lipinski definition) is 0. The molecule has 0 radical (unpaired) electrons. The first-order valence-electron chi connectivity index (χ1n) is 11.8. The van der Waals surface area contributed by atoms with E-state index in [2.05, 4.69) is 93.6 Å². The highest BCUT2D eigenvalue weighted by molar-refractivity contribution is 5.89. The van der Waals surface area contributed by atoms with Gasteiger partial charge in [-0.2, -0.15) is 0 Å². The van der Waals surface area contributed by atoms with Crippen molar-refractivity contribution < 1.29 is 0 Å². The SMILES string of the molecule is CC.CC.CC.CC1C2C=C(c3ccccc3)C=C(c3ccccc3)C12.CCC. The van der Waals surface area contributed by atoms with Crippen LogP contribution in [-0.2, 0) is 0 Å². The van der Waals surface area contributed by atoms with Crippen LogP contribution in [0.1, 0.15) is 79.9 Å². The van der Waals surface area contributed by atoms with Crippen molar-refractivity contribution in [2.45, 2.75) is 68.7 Å². The Morgan fingerprint density at radius 2 is 1.07 bits per heavy atom. The molecule has 0 heterocycles. The minimum Gasteiger partial charge on any atom is -0.0726 e. The van der Waals surface area contributed by atoms with E-state index < -0.39 is 0 Å². The number of benzene rings is 2. The molecule has 1 fully saturated rings. The highest BCUT2D eigenvalue weighted by Gasteiger charge is 2.49. The Bertz CT molecular complexity index is 691. The Balaban J connectivity index is 0.000000768.